The monoisotopic (exact) mass is 477 g/mol. The van der Waals surface area contributed by atoms with E-state index in [0.29, 0.717) is 31.6 Å². The molecule has 1 aromatic heterocycles. The first-order valence-electron chi connectivity index (χ1n) is 8.95. The molecule has 2 heterocycles. The zero-order chi connectivity index (χ0) is 22.3. The van der Waals surface area contributed by atoms with Crippen molar-refractivity contribution in [3.63, 3.8) is 0 Å². The van der Waals surface area contributed by atoms with E-state index < -0.39 is 25.6 Å². The highest BCUT2D eigenvalue weighted by Gasteiger charge is 2.28. The molecule has 0 N–H and O–H groups in total. The second-order valence-electron chi connectivity index (χ2n) is 6.79. The number of hydrogen-bond acceptors (Lipinski definition) is 10. The number of carbonyl (C=O) groups is 1. The lowest BCUT2D eigenvalue weighted by molar-refractivity contribution is -0.387. The van der Waals surface area contributed by atoms with Gasteiger partial charge in [-0.3, -0.25) is 19.9 Å². The number of thioether (sulfide) groups is 1. The molecule has 0 radical (unpaired) electrons. The van der Waals surface area contributed by atoms with Crippen LogP contribution in [0.25, 0.3) is 10.2 Å². The maximum atomic E-state index is 12.7. The van der Waals surface area contributed by atoms with Crippen molar-refractivity contribution in [1.82, 2.24) is 4.98 Å². The van der Waals surface area contributed by atoms with Crippen LogP contribution in [-0.2, 0) is 14.9 Å². The van der Waals surface area contributed by atoms with E-state index in [0.717, 1.165) is 6.07 Å². The van der Waals surface area contributed by atoms with Crippen LogP contribution in [0.15, 0.2) is 46.3 Å². The highest BCUT2D eigenvalue weighted by molar-refractivity contribution is 8.15. The summed E-state index contributed by atoms with van der Waals surface area (Å²) in [5.74, 6) is 0.582. The van der Waals surface area contributed by atoms with Crippen molar-refractivity contribution >= 4 is 59.9 Å². The predicted octanol–water partition coefficient (Wildman–Crippen LogP) is 3.73. The van der Waals surface area contributed by atoms with E-state index in [9.17, 15) is 23.3 Å². The van der Waals surface area contributed by atoms with Gasteiger partial charge in [0.05, 0.1) is 15.1 Å². The van der Waals surface area contributed by atoms with Crippen LogP contribution in [-0.4, -0.2) is 40.9 Å². The highest BCUT2D eigenvalue weighted by atomic mass is 32.2. The normalized spacial score (nSPS) is 16.3. The SMILES string of the molecule is CC(=O)C1CSC(c2nc3ccc(OS(=O)(=O)c4cc(C)ccc4[N+](=O)[O-])cc3s2)=N1. The van der Waals surface area contributed by atoms with E-state index in [1.807, 2.05) is 0 Å². The quantitative estimate of drug-likeness (QED) is 0.298. The molecule has 0 aliphatic carbocycles. The zero-order valence-corrected chi connectivity index (χ0v) is 18.7. The summed E-state index contributed by atoms with van der Waals surface area (Å²) in [7, 11) is -4.43. The Hall–Kier alpha value is -2.83. The van der Waals surface area contributed by atoms with Crippen molar-refractivity contribution in [3.05, 3.63) is 57.1 Å². The number of aryl methyl sites for hydroxylation is 1. The molecule has 9 nitrogen and oxygen atoms in total. The number of nitrogens with zero attached hydrogens (tertiary/aromatic N) is 3. The van der Waals surface area contributed by atoms with Gasteiger partial charge in [-0.05, 0) is 37.6 Å². The third-order valence-electron chi connectivity index (χ3n) is 4.45. The number of hydrogen-bond donors (Lipinski definition) is 0. The summed E-state index contributed by atoms with van der Waals surface area (Å²) in [4.78, 5) is 30.4. The number of rotatable bonds is 6. The number of Topliss-reactive ketones (excluding diaryl/α,β-unsaturated/α-hetero) is 1. The van der Waals surface area contributed by atoms with Crippen molar-refractivity contribution in [1.29, 1.82) is 0 Å². The predicted molar refractivity (Wildman–Crippen MR) is 119 cm³/mol. The average molecular weight is 478 g/mol. The van der Waals surface area contributed by atoms with Crippen LogP contribution in [0.4, 0.5) is 5.69 Å². The summed E-state index contributed by atoms with van der Waals surface area (Å²) in [6.07, 6.45) is 0. The molecule has 0 bridgehead atoms. The molecule has 2 aromatic carbocycles. The Kier molecular flexibility index (Phi) is 5.54. The molecule has 1 atom stereocenters. The molecule has 4 rings (SSSR count). The largest absolute Gasteiger partial charge is 0.379 e. The second kappa shape index (κ2) is 8.02. The standard InChI is InChI=1S/C19H15N3O6S3/c1-10-3-6-15(22(24)25)17(7-10)31(26,27)28-12-4-5-13-16(8-12)30-19(20-13)18-21-14(9-29-18)11(2)23/h3-8,14H,9H2,1-2H3. The van der Waals surface area contributed by atoms with Gasteiger partial charge >= 0.3 is 10.1 Å². The molecule has 3 aromatic rings. The number of aromatic nitrogens is 1. The van der Waals surface area contributed by atoms with E-state index in [2.05, 4.69) is 9.98 Å². The fourth-order valence-corrected chi connectivity index (χ4v) is 6.25. The van der Waals surface area contributed by atoms with Crippen molar-refractivity contribution in [2.45, 2.75) is 24.8 Å². The van der Waals surface area contributed by atoms with E-state index >= 15 is 0 Å². The maximum absolute atomic E-state index is 12.7. The minimum absolute atomic E-state index is 0.00486. The van der Waals surface area contributed by atoms with Crippen LogP contribution < -0.4 is 4.18 Å². The van der Waals surface area contributed by atoms with Crippen LogP contribution in [0.3, 0.4) is 0 Å². The van der Waals surface area contributed by atoms with E-state index in [-0.39, 0.29) is 17.6 Å². The second-order valence-corrected chi connectivity index (χ2v) is 10.3. The van der Waals surface area contributed by atoms with Gasteiger partial charge < -0.3 is 4.18 Å². The molecule has 0 saturated carbocycles. The Labute approximate surface area is 185 Å². The molecule has 1 aliphatic heterocycles. The number of aliphatic imine (C=N–C) groups is 1. The molecule has 0 amide bonds. The summed E-state index contributed by atoms with van der Waals surface area (Å²) in [5.41, 5.74) is 0.623. The lowest BCUT2D eigenvalue weighted by Gasteiger charge is -2.08. The Bertz CT molecular complexity index is 1360. The third kappa shape index (κ3) is 4.31. The zero-order valence-electron chi connectivity index (χ0n) is 16.3. The first-order chi connectivity index (χ1) is 14.6. The van der Waals surface area contributed by atoms with Gasteiger partial charge in [0, 0.05) is 17.9 Å². The van der Waals surface area contributed by atoms with Crippen molar-refractivity contribution < 1.29 is 22.3 Å². The summed E-state index contributed by atoms with van der Waals surface area (Å²) in [5, 5.41) is 12.6. The molecule has 1 aliphatic rings. The maximum Gasteiger partial charge on any atom is 0.346 e. The van der Waals surface area contributed by atoms with E-state index in [1.54, 1.807) is 13.0 Å². The van der Waals surface area contributed by atoms with E-state index in [1.165, 1.54) is 54.3 Å². The topological polar surface area (TPSA) is 129 Å². The number of nitro benzene ring substituents is 1. The van der Waals surface area contributed by atoms with Gasteiger partial charge in [-0.25, -0.2) is 4.98 Å². The Morgan fingerprint density at radius 1 is 1.26 bits per heavy atom. The molecule has 12 heteroatoms. The van der Waals surface area contributed by atoms with Crippen LogP contribution in [0.1, 0.15) is 17.5 Å². The number of benzene rings is 2. The minimum atomic E-state index is -4.43. The summed E-state index contributed by atoms with van der Waals surface area (Å²) >= 11 is 2.75. The van der Waals surface area contributed by atoms with Crippen molar-refractivity contribution in [3.8, 4) is 5.75 Å². The van der Waals surface area contributed by atoms with Gasteiger partial charge in [0.15, 0.2) is 10.7 Å². The molecular weight excluding hydrogens is 462 g/mol. The summed E-state index contributed by atoms with van der Waals surface area (Å²) < 4.78 is 31.3. The summed E-state index contributed by atoms with van der Waals surface area (Å²) in [6.45, 7) is 3.13. The number of thiazole rings is 1. The first-order valence-corrected chi connectivity index (χ1v) is 12.2. The lowest BCUT2D eigenvalue weighted by atomic mass is 10.2. The average Bonchev–Trinajstić information content (AvgIpc) is 3.34. The molecule has 0 saturated heterocycles. The number of nitro groups is 1. The number of ketones is 1. The molecule has 31 heavy (non-hydrogen) atoms. The van der Waals surface area contributed by atoms with Crippen molar-refractivity contribution in [2.24, 2.45) is 4.99 Å². The Morgan fingerprint density at radius 2 is 2.03 bits per heavy atom. The number of fused-ring (bicyclic) bond motifs is 1. The van der Waals surface area contributed by atoms with Gasteiger partial charge in [-0.1, -0.05) is 6.07 Å². The first kappa shape index (κ1) is 21.4. The molecule has 0 spiro atoms. The van der Waals surface area contributed by atoms with Gasteiger partial charge in [-0.15, -0.1) is 23.1 Å². The third-order valence-corrected chi connectivity index (χ3v) is 7.94. The Balaban J connectivity index is 1.66. The van der Waals surface area contributed by atoms with Gasteiger partial charge in [-0.2, -0.15) is 8.42 Å². The van der Waals surface area contributed by atoms with Crippen molar-refractivity contribution in [2.75, 3.05) is 5.75 Å². The minimum Gasteiger partial charge on any atom is -0.379 e. The number of carbonyl (C=O) groups excluding carboxylic acids is 1. The van der Waals surface area contributed by atoms with Crippen LogP contribution in [0.5, 0.6) is 5.75 Å². The van der Waals surface area contributed by atoms with Crippen LogP contribution in [0, 0.1) is 17.0 Å². The highest BCUT2D eigenvalue weighted by Crippen LogP contribution is 2.33. The molecule has 160 valence electrons. The molecule has 0 fully saturated rings. The van der Waals surface area contributed by atoms with Crippen LogP contribution >= 0.6 is 23.1 Å². The smallest absolute Gasteiger partial charge is 0.346 e. The van der Waals surface area contributed by atoms with Crippen LogP contribution in [0.2, 0.25) is 0 Å². The lowest BCUT2D eigenvalue weighted by Crippen LogP contribution is -2.14. The Morgan fingerprint density at radius 3 is 2.71 bits per heavy atom. The van der Waals surface area contributed by atoms with Gasteiger partial charge in [0.2, 0.25) is 0 Å². The fourth-order valence-electron chi connectivity index (χ4n) is 2.89. The van der Waals surface area contributed by atoms with E-state index in [4.69, 9.17) is 4.18 Å². The fraction of sp³-hybridized carbons (Fsp3) is 0.211. The molecular formula is C19H15N3O6S3. The van der Waals surface area contributed by atoms with Gasteiger partial charge in [0.1, 0.15) is 21.8 Å². The van der Waals surface area contributed by atoms with Gasteiger partial charge in [0.25, 0.3) is 5.69 Å². The molecule has 1 unspecified atom stereocenters. The summed E-state index contributed by atoms with van der Waals surface area (Å²) in [6, 6.07) is 7.98.